The van der Waals surface area contributed by atoms with Crippen molar-refractivity contribution in [3.63, 3.8) is 0 Å². The van der Waals surface area contributed by atoms with Gasteiger partial charge in [0.1, 0.15) is 6.33 Å². The standard InChI is InChI=1S/C21H23N7O/c1-13-18(15(3)28-21(25-13)23-12-24-28)10-20(29)22-11-19-14(2)26-27(16(19)4)17-8-6-5-7-9-17/h5-9,12H,10-11H2,1-4H3,(H,22,29). The van der Waals surface area contributed by atoms with Gasteiger partial charge >= 0.3 is 0 Å². The first-order valence-corrected chi connectivity index (χ1v) is 9.48. The van der Waals surface area contributed by atoms with Crippen molar-refractivity contribution in [2.75, 3.05) is 0 Å². The Morgan fingerprint density at radius 3 is 2.52 bits per heavy atom. The first kappa shape index (κ1) is 18.8. The first-order chi connectivity index (χ1) is 14.0. The smallest absolute Gasteiger partial charge is 0.252 e. The van der Waals surface area contributed by atoms with E-state index in [1.807, 2.05) is 62.7 Å². The van der Waals surface area contributed by atoms with E-state index in [0.717, 1.165) is 39.6 Å². The van der Waals surface area contributed by atoms with Gasteiger partial charge in [-0.15, -0.1) is 0 Å². The van der Waals surface area contributed by atoms with E-state index in [4.69, 9.17) is 0 Å². The zero-order chi connectivity index (χ0) is 20.5. The van der Waals surface area contributed by atoms with Crippen molar-refractivity contribution in [3.8, 4) is 5.69 Å². The van der Waals surface area contributed by atoms with Crippen LogP contribution in [0, 0.1) is 27.7 Å². The molecule has 1 aromatic carbocycles. The van der Waals surface area contributed by atoms with Crippen molar-refractivity contribution < 1.29 is 4.79 Å². The van der Waals surface area contributed by atoms with Crippen LogP contribution >= 0.6 is 0 Å². The number of amides is 1. The number of aryl methyl sites for hydroxylation is 3. The van der Waals surface area contributed by atoms with Gasteiger partial charge in [0.05, 0.1) is 17.8 Å². The Morgan fingerprint density at radius 1 is 1.00 bits per heavy atom. The van der Waals surface area contributed by atoms with Gasteiger partial charge in [-0.05, 0) is 39.8 Å². The van der Waals surface area contributed by atoms with E-state index in [1.165, 1.54) is 6.33 Å². The molecule has 0 aliphatic heterocycles. The molecule has 0 spiro atoms. The normalized spacial score (nSPS) is 11.2. The molecule has 0 aliphatic carbocycles. The summed E-state index contributed by atoms with van der Waals surface area (Å²) in [5.74, 6) is 0.479. The number of benzene rings is 1. The number of aromatic nitrogens is 6. The minimum absolute atomic E-state index is 0.0660. The van der Waals surface area contributed by atoms with Crippen molar-refractivity contribution >= 4 is 11.7 Å². The van der Waals surface area contributed by atoms with E-state index in [9.17, 15) is 4.79 Å². The molecule has 4 aromatic rings. The van der Waals surface area contributed by atoms with Crippen molar-refractivity contribution in [1.29, 1.82) is 0 Å². The summed E-state index contributed by atoms with van der Waals surface area (Å²) < 4.78 is 3.57. The van der Waals surface area contributed by atoms with E-state index >= 15 is 0 Å². The number of para-hydroxylation sites is 1. The summed E-state index contributed by atoms with van der Waals surface area (Å²) in [6.45, 7) is 8.23. The molecule has 0 atom stereocenters. The summed E-state index contributed by atoms with van der Waals surface area (Å²) in [6.07, 6.45) is 1.71. The summed E-state index contributed by atoms with van der Waals surface area (Å²) >= 11 is 0. The molecule has 3 aromatic heterocycles. The SMILES string of the molecule is Cc1nn(-c2ccccc2)c(C)c1CNC(=O)Cc1c(C)nc2ncnn2c1C. The first-order valence-electron chi connectivity index (χ1n) is 9.48. The highest BCUT2D eigenvalue weighted by Gasteiger charge is 2.16. The number of carbonyl (C=O) groups excluding carboxylic acids is 1. The third-order valence-corrected chi connectivity index (χ3v) is 5.23. The van der Waals surface area contributed by atoms with Gasteiger partial charge in [0.25, 0.3) is 5.78 Å². The van der Waals surface area contributed by atoms with Gasteiger partial charge in [-0.2, -0.15) is 15.2 Å². The maximum absolute atomic E-state index is 12.7. The fraction of sp³-hybridized carbons (Fsp3) is 0.286. The van der Waals surface area contributed by atoms with E-state index in [-0.39, 0.29) is 12.3 Å². The van der Waals surface area contributed by atoms with Gasteiger partial charge in [0, 0.05) is 34.8 Å². The number of nitrogens with zero attached hydrogens (tertiary/aromatic N) is 6. The quantitative estimate of drug-likeness (QED) is 0.566. The molecular formula is C21H23N7O. The van der Waals surface area contributed by atoms with Crippen molar-refractivity contribution in [2.24, 2.45) is 0 Å². The van der Waals surface area contributed by atoms with Gasteiger partial charge in [0.2, 0.25) is 5.91 Å². The molecule has 0 aliphatic rings. The highest BCUT2D eigenvalue weighted by molar-refractivity contribution is 5.79. The number of carbonyl (C=O) groups is 1. The predicted molar refractivity (Wildman–Crippen MR) is 109 cm³/mol. The van der Waals surface area contributed by atoms with Gasteiger partial charge in [-0.25, -0.2) is 14.2 Å². The van der Waals surface area contributed by atoms with Gasteiger partial charge in [0.15, 0.2) is 0 Å². The maximum atomic E-state index is 12.7. The molecule has 0 bridgehead atoms. The Morgan fingerprint density at radius 2 is 1.76 bits per heavy atom. The average Bonchev–Trinajstić information content (AvgIpc) is 3.28. The number of rotatable bonds is 5. The molecule has 29 heavy (non-hydrogen) atoms. The Labute approximate surface area is 168 Å². The van der Waals surface area contributed by atoms with Crippen LogP contribution in [0.15, 0.2) is 36.7 Å². The molecule has 0 radical (unpaired) electrons. The zero-order valence-corrected chi connectivity index (χ0v) is 17.0. The van der Waals surface area contributed by atoms with Gasteiger partial charge in [-0.3, -0.25) is 4.79 Å². The van der Waals surface area contributed by atoms with Gasteiger partial charge < -0.3 is 5.32 Å². The van der Waals surface area contributed by atoms with E-state index < -0.39 is 0 Å². The number of hydrogen-bond donors (Lipinski definition) is 1. The van der Waals surface area contributed by atoms with Crippen LogP contribution in [0.5, 0.6) is 0 Å². The summed E-state index contributed by atoms with van der Waals surface area (Å²) in [4.78, 5) is 21.2. The fourth-order valence-electron chi connectivity index (χ4n) is 3.57. The molecule has 8 nitrogen and oxygen atoms in total. The molecular weight excluding hydrogens is 366 g/mol. The second kappa shape index (κ2) is 7.46. The maximum Gasteiger partial charge on any atom is 0.252 e. The lowest BCUT2D eigenvalue weighted by molar-refractivity contribution is -0.120. The molecule has 148 valence electrons. The minimum atomic E-state index is -0.0660. The third-order valence-electron chi connectivity index (χ3n) is 5.23. The van der Waals surface area contributed by atoms with Crippen molar-refractivity contribution in [1.82, 2.24) is 34.7 Å². The average molecular weight is 389 g/mol. The molecule has 1 amide bonds. The molecule has 4 rings (SSSR count). The lowest BCUT2D eigenvalue weighted by Crippen LogP contribution is -2.26. The van der Waals surface area contributed by atoms with Crippen molar-refractivity contribution in [3.05, 3.63) is 70.6 Å². The highest BCUT2D eigenvalue weighted by Crippen LogP contribution is 2.18. The summed E-state index contributed by atoms with van der Waals surface area (Å²) in [5.41, 5.74) is 6.50. The molecule has 1 N–H and O–H groups in total. The lowest BCUT2D eigenvalue weighted by atomic mass is 10.1. The van der Waals surface area contributed by atoms with E-state index in [0.29, 0.717) is 12.3 Å². The van der Waals surface area contributed by atoms with Crippen LogP contribution in [0.1, 0.15) is 33.9 Å². The van der Waals surface area contributed by atoms with Gasteiger partial charge in [-0.1, -0.05) is 18.2 Å². The molecule has 8 heteroatoms. The topological polar surface area (TPSA) is 90.0 Å². The van der Waals surface area contributed by atoms with Crippen LogP contribution < -0.4 is 5.32 Å². The number of fused-ring (bicyclic) bond motifs is 1. The van der Waals surface area contributed by atoms with Crippen LogP contribution in [0.25, 0.3) is 11.5 Å². The summed E-state index contributed by atoms with van der Waals surface area (Å²) in [5, 5.41) is 11.8. The highest BCUT2D eigenvalue weighted by atomic mass is 16.1. The van der Waals surface area contributed by atoms with E-state index in [2.05, 4.69) is 25.5 Å². The third kappa shape index (κ3) is 3.49. The van der Waals surface area contributed by atoms with Crippen LogP contribution in [0.3, 0.4) is 0 Å². The van der Waals surface area contributed by atoms with Crippen LogP contribution in [-0.2, 0) is 17.8 Å². The molecule has 0 unspecified atom stereocenters. The summed E-state index contributed by atoms with van der Waals surface area (Å²) in [6, 6.07) is 9.98. The lowest BCUT2D eigenvalue weighted by Gasteiger charge is -2.11. The monoisotopic (exact) mass is 389 g/mol. The fourth-order valence-corrected chi connectivity index (χ4v) is 3.57. The molecule has 0 saturated heterocycles. The Hall–Kier alpha value is -3.55. The molecule has 0 fully saturated rings. The second-order valence-corrected chi connectivity index (χ2v) is 7.08. The molecule has 0 saturated carbocycles. The largest absolute Gasteiger partial charge is 0.352 e. The molecule has 3 heterocycles. The number of hydrogen-bond acceptors (Lipinski definition) is 5. The van der Waals surface area contributed by atoms with E-state index in [1.54, 1.807) is 4.52 Å². The Bertz CT molecular complexity index is 1190. The zero-order valence-electron chi connectivity index (χ0n) is 17.0. The summed E-state index contributed by atoms with van der Waals surface area (Å²) in [7, 11) is 0. The van der Waals surface area contributed by atoms with Crippen LogP contribution in [0.2, 0.25) is 0 Å². The Balaban J connectivity index is 1.50. The van der Waals surface area contributed by atoms with Crippen LogP contribution in [-0.4, -0.2) is 35.3 Å². The second-order valence-electron chi connectivity index (χ2n) is 7.08. The Kier molecular flexibility index (Phi) is 4.84. The van der Waals surface area contributed by atoms with Crippen LogP contribution in [0.4, 0.5) is 0 Å². The number of nitrogens with one attached hydrogen (secondary N) is 1. The minimum Gasteiger partial charge on any atom is -0.352 e. The van der Waals surface area contributed by atoms with Crippen molar-refractivity contribution in [2.45, 2.75) is 40.7 Å². The predicted octanol–water partition coefficient (Wildman–Crippen LogP) is 2.40.